The number of ether oxygens (including phenoxy) is 1. The molecule has 114 valence electrons. The number of hydrogen-bond acceptors (Lipinski definition) is 5. The molecule has 0 unspecified atom stereocenters. The average Bonchev–Trinajstić information content (AvgIpc) is 3.18. The molecule has 3 rings (SSSR count). The predicted octanol–water partition coefficient (Wildman–Crippen LogP) is 2.79. The quantitative estimate of drug-likeness (QED) is 0.667. The Bertz CT molecular complexity index is 509. The smallest absolute Gasteiger partial charge is 0.292 e. The molecule has 0 bridgehead atoms. The summed E-state index contributed by atoms with van der Waals surface area (Å²) in [6.07, 6.45) is 4.64. The summed E-state index contributed by atoms with van der Waals surface area (Å²) in [6, 6.07) is 5.35. The minimum atomic E-state index is -0.328. The number of anilines is 2. The number of nitro benzene ring substituents is 1. The van der Waals surface area contributed by atoms with Crippen molar-refractivity contribution in [2.45, 2.75) is 31.8 Å². The van der Waals surface area contributed by atoms with Crippen molar-refractivity contribution < 1.29 is 9.66 Å². The summed E-state index contributed by atoms with van der Waals surface area (Å²) in [5.41, 5.74) is 1.80. The van der Waals surface area contributed by atoms with Gasteiger partial charge in [0.15, 0.2) is 0 Å². The molecule has 1 N–H and O–H groups in total. The number of rotatable bonds is 5. The van der Waals surface area contributed by atoms with Gasteiger partial charge in [0.1, 0.15) is 5.69 Å². The molecule has 2 aliphatic heterocycles. The van der Waals surface area contributed by atoms with Crippen LogP contribution in [0.1, 0.15) is 25.7 Å². The Morgan fingerprint density at radius 2 is 2.14 bits per heavy atom. The molecule has 6 heteroatoms. The van der Waals surface area contributed by atoms with Crippen molar-refractivity contribution >= 4 is 17.1 Å². The molecule has 0 amide bonds. The van der Waals surface area contributed by atoms with Crippen LogP contribution in [0.15, 0.2) is 18.2 Å². The van der Waals surface area contributed by atoms with E-state index >= 15 is 0 Å². The van der Waals surface area contributed by atoms with Gasteiger partial charge in [0, 0.05) is 38.0 Å². The zero-order valence-corrected chi connectivity index (χ0v) is 12.1. The van der Waals surface area contributed by atoms with Gasteiger partial charge in [-0.15, -0.1) is 0 Å². The summed E-state index contributed by atoms with van der Waals surface area (Å²) in [4.78, 5) is 13.1. The first-order valence-electron chi connectivity index (χ1n) is 7.63. The van der Waals surface area contributed by atoms with Crippen LogP contribution in [0.5, 0.6) is 0 Å². The van der Waals surface area contributed by atoms with Crippen LogP contribution in [0.3, 0.4) is 0 Å². The molecule has 2 aliphatic rings. The highest BCUT2D eigenvalue weighted by molar-refractivity contribution is 5.69. The number of nitro groups is 1. The van der Waals surface area contributed by atoms with Crippen LogP contribution in [0, 0.1) is 10.1 Å². The van der Waals surface area contributed by atoms with Gasteiger partial charge in [-0.2, -0.15) is 0 Å². The highest BCUT2D eigenvalue weighted by Gasteiger charge is 2.20. The Morgan fingerprint density at radius 3 is 2.81 bits per heavy atom. The van der Waals surface area contributed by atoms with Gasteiger partial charge in [0.2, 0.25) is 0 Å². The van der Waals surface area contributed by atoms with E-state index in [4.69, 9.17) is 4.74 Å². The summed E-state index contributed by atoms with van der Waals surface area (Å²) in [5.74, 6) is 0. The van der Waals surface area contributed by atoms with Crippen LogP contribution in [0.25, 0.3) is 0 Å². The average molecular weight is 291 g/mol. The highest BCUT2D eigenvalue weighted by atomic mass is 16.6. The first kappa shape index (κ1) is 14.1. The standard InChI is InChI=1S/C15H21N3O3/c19-18(20)15-6-5-12(17-7-1-2-8-17)10-14(15)16-11-13-4-3-9-21-13/h5-6,10,13,16H,1-4,7-9,11H2/t13-/m1/s1. The summed E-state index contributed by atoms with van der Waals surface area (Å²) in [5, 5.41) is 14.4. The summed E-state index contributed by atoms with van der Waals surface area (Å²) in [6.45, 7) is 3.48. The zero-order chi connectivity index (χ0) is 14.7. The van der Waals surface area contributed by atoms with E-state index in [0.29, 0.717) is 12.2 Å². The van der Waals surface area contributed by atoms with Gasteiger partial charge < -0.3 is 15.0 Å². The lowest BCUT2D eigenvalue weighted by molar-refractivity contribution is -0.383. The first-order valence-corrected chi connectivity index (χ1v) is 7.63. The summed E-state index contributed by atoms with van der Waals surface area (Å²) >= 11 is 0. The molecule has 1 atom stereocenters. The maximum atomic E-state index is 11.2. The van der Waals surface area contributed by atoms with Gasteiger partial charge in [-0.3, -0.25) is 10.1 Å². The van der Waals surface area contributed by atoms with Crippen molar-refractivity contribution in [2.75, 3.05) is 36.5 Å². The molecule has 21 heavy (non-hydrogen) atoms. The van der Waals surface area contributed by atoms with Crippen molar-refractivity contribution in [1.29, 1.82) is 0 Å². The summed E-state index contributed by atoms with van der Waals surface area (Å²) < 4.78 is 5.56. The second kappa shape index (κ2) is 6.30. The molecule has 1 aromatic carbocycles. The van der Waals surface area contributed by atoms with Crippen molar-refractivity contribution in [3.63, 3.8) is 0 Å². The second-order valence-corrected chi connectivity index (χ2v) is 5.67. The lowest BCUT2D eigenvalue weighted by Crippen LogP contribution is -2.20. The van der Waals surface area contributed by atoms with E-state index in [1.807, 2.05) is 12.1 Å². The third-order valence-electron chi connectivity index (χ3n) is 4.19. The fraction of sp³-hybridized carbons (Fsp3) is 0.600. The molecule has 0 aliphatic carbocycles. The highest BCUT2D eigenvalue weighted by Crippen LogP contribution is 2.31. The van der Waals surface area contributed by atoms with Crippen molar-refractivity contribution in [1.82, 2.24) is 0 Å². The predicted molar refractivity (Wildman–Crippen MR) is 82.0 cm³/mol. The second-order valence-electron chi connectivity index (χ2n) is 5.67. The molecular weight excluding hydrogens is 270 g/mol. The van der Waals surface area contributed by atoms with Crippen molar-refractivity contribution in [3.05, 3.63) is 28.3 Å². The minimum absolute atomic E-state index is 0.135. The van der Waals surface area contributed by atoms with Crippen molar-refractivity contribution in [2.24, 2.45) is 0 Å². The lowest BCUT2D eigenvalue weighted by Gasteiger charge is -2.19. The van der Waals surface area contributed by atoms with E-state index in [2.05, 4.69) is 10.2 Å². The Balaban J connectivity index is 1.76. The monoisotopic (exact) mass is 291 g/mol. The molecule has 0 radical (unpaired) electrons. The number of nitrogens with zero attached hydrogens (tertiary/aromatic N) is 2. The molecule has 6 nitrogen and oxygen atoms in total. The van der Waals surface area contributed by atoms with Gasteiger partial charge in [-0.25, -0.2) is 0 Å². The number of nitrogens with one attached hydrogen (secondary N) is 1. The first-order chi connectivity index (χ1) is 10.2. The van der Waals surface area contributed by atoms with E-state index < -0.39 is 0 Å². The molecule has 0 spiro atoms. The van der Waals surface area contributed by atoms with Crippen LogP contribution in [-0.4, -0.2) is 37.3 Å². The SMILES string of the molecule is O=[N+]([O-])c1ccc(N2CCCC2)cc1NC[C@H]1CCCO1. The molecule has 1 aromatic rings. The fourth-order valence-electron chi connectivity index (χ4n) is 3.03. The van der Waals surface area contributed by atoms with Gasteiger partial charge >= 0.3 is 0 Å². The normalized spacial score (nSPS) is 21.7. The van der Waals surface area contributed by atoms with Crippen LogP contribution >= 0.6 is 0 Å². The molecule has 0 aromatic heterocycles. The van der Waals surface area contributed by atoms with Crippen LogP contribution < -0.4 is 10.2 Å². The Labute approximate surface area is 124 Å². The molecule has 0 saturated carbocycles. The molecule has 2 saturated heterocycles. The minimum Gasteiger partial charge on any atom is -0.377 e. The topological polar surface area (TPSA) is 67.6 Å². The van der Waals surface area contributed by atoms with Crippen LogP contribution in [0.4, 0.5) is 17.1 Å². The van der Waals surface area contributed by atoms with E-state index in [1.165, 1.54) is 12.8 Å². The number of hydrogen-bond donors (Lipinski definition) is 1. The van der Waals surface area contributed by atoms with E-state index in [9.17, 15) is 10.1 Å². The molecule has 2 fully saturated rings. The third kappa shape index (κ3) is 3.26. The maximum absolute atomic E-state index is 11.2. The molecule has 2 heterocycles. The Kier molecular flexibility index (Phi) is 4.24. The van der Waals surface area contributed by atoms with Crippen LogP contribution in [-0.2, 0) is 4.74 Å². The van der Waals surface area contributed by atoms with E-state index in [0.717, 1.165) is 38.2 Å². The van der Waals surface area contributed by atoms with Gasteiger partial charge in [0.05, 0.1) is 11.0 Å². The number of benzene rings is 1. The van der Waals surface area contributed by atoms with Crippen molar-refractivity contribution in [3.8, 4) is 0 Å². The van der Waals surface area contributed by atoms with Gasteiger partial charge in [-0.1, -0.05) is 0 Å². The van der Waals surface area contributed by atoms with Gasteiger partial charge in [0.25, 0.3) is 5.69 Å². The Morgan fingerprint density at radius 1 is 1.33 bits per heavy atom. The Hall–Kier alpha value is -1.82. The zero-order valence-electron chi connectivity index (χ0n) is 12.1. The van der Waals surface area contributed by atoms with E-state index in [1.54, 1.807) is 6.07 Å². The largest absolute Gasteiger partial charge is 0.377 e. The summed E-state index contributed by atoms with van der Waals surface area (Å²) in [7, 11) is 0. The van der Waals surface area contributed by atoms with E-state index in [-0.39, 0.29) is 16.7 Å². The maximum Gasteiger partial charge on any atom is 0.292 e. The van der Waals surface area contributed by atoms with Crippen LogP contribution in [0.2, 0.25) is 0 Å². The van der Waals surface area contributed by atoms with Gasteiger partial charge in [-0.05, 0) is 37.8 Å². The fourth-order valence-corrected chi connectivity index (χ4v) is 3.03. The molecular formula is C15H21N3O3. The lowest BCUT2D eigenvalue weighted by atomic mass is 10.2. The third-order valence-corrected chi connectivity index (χ3v) is 4.19.